The third-order valence-corrected chi connectivity index (χ3v) is 4.19. The highest BCUT2D eigenvalue weighted by Gasteiger charge is 2.42. The summed E-state index contributed by atoms with van der Waals surface area (Å²) in [6, 6.07) is 9.85. The smallest absolute Gasteiger partial charge is 0.138 e. The van der Waals surface area contributed by atoms with Gasteiger partial charge in [0.25, 0.3) is 0 Å². The van der Waals surface area contributed by atoms with Crippen molar-refractivity contribution in [2.45, 2.75) is 19.8 Å². The molecule has 21 heavy (non-hydrogen) atoms. The molecular weight excluding hydrogens is 262 g/mol. The van der Waals surface area contributed by atoms with E-state index >= 15 is 0 Å². The van der Waals surface area contributed by atoms with Gasteiger partial charge in [-0.25, -0.2) is 0 Å². The van der Waals surface area contributed by atoms with Crippen LogP contribution in [0.4, 0.5) is 5.69 Å². The highest BCUT2D eigenvalue weighted by molar-refractivity contribution is 5.70. The number of ether oxygens (including phenoxy) is 1. The van der Waals surface area contributed by atoms with Crippen LogP contribution >= 0.6 is 0 Å². The quantitative estimate of drug-likeness (QED) is 0.827. The van der Waals surface area contributed by atoms with Crippen molar-refractivity contribution in [3.05, 3.63) is 42.2 Å². The molecule has 4 heteroatoms. The standard InChI is InChI=1S/C17H21N3O/c1-12-16(13-3-2-4-14(19)7-13)8-15(9-20-12)21-11-17(10-18)5-6-17/h2-4,7-9H,5-6,10-11,18-19H2,1H3. The van der Waals surface area contributed by atoms with Gasteiger partial charge in [0.1, 0.15) is 5.75 Å². The first-order valence-electron chi connectivity index (χ1n) is 7.27. The van der Waals surface area contributed by atoms with Crippen LogP contribution in [-0.4, -0.2) is 18.1 Å². The van der Waals surface area contributed by atoms with Crippen LogP contribution in [0.15, 0.2) is 36.5 Å². The Morgan fingerprint density at radius 3 is 2.76 bits per heavy atom. The first-order chi connectivity index (χ1) is 10.1. The maximum atomic E-state index is 5.90. The number of nitrogen functional groups attached to an aromatic ring is 1. The zero-order valence-electron chi connectivity index (χ0n) is 12.3. The largest absolute Gasteiger partial charge is 0.491 e. The Kier molecular flexibility index (Phi) is 3.55. The van der Waals surface area contributed by atoms with Crippen LogP contribution < -0.4 is 16.2 Å². The fourth-order valence-corrected chi connectivity index (χ4v) is 2.41. The zero-order chi connectivity index (χ0) is 14.9. The Balaban J connectivity index is 1.83. The lowest BCUT2D eigenvalue weighted by molar-refractivity contribution is 0.238. The summed E-state index contributed by atoms with van der Waals surface area (Å²) < 4.78 is 5.90. The molecule has 1 aromatic heterocycles. The lowest BCUT2D eigenvalue weighted by Gasteiger charge is -2.15. The second kappa shape index (κ2) is 5.37. The topological polar surface area (TPSA) is 74.2 Å². The van der Waals surface area contributed by atoms with Crippen molar-refractivity contribution in [1.82, 2.24) is 4.98 Å². The van der Waals surface area contributed by atoms with Gasteiger partial charge in [0.15, 0.2) is 0 Å². The summed E-state index contributed by atoms with van der Waals surface area (Å²) in [5.74, 6) is 0.790. The molecule has 1 aliphatic rings. The van der Waals surface area contributed by atoms with Gasteiger partial charge in [0.2, 0.25) is 0 Å². The molecule has 0 spiro atoms. The summed E-state index contributed by atoms with van der Waals surface area (Å²) in [4.78, 5) is 4.43. The van der Waals surface area contributed by atoms with E-state index < -0.39 is 0 Å². The number of aromatic nitrogens is 1. The molecule has 3 rings (SSSR count). The van der Waals surface area contributed by atoms with Crippen LogP contribution in [-0.2, 0) is 0 Å². The minimum atomic E-state index is 0.197. The average Bonchev–Trinajstić information content (AvgIpc) is 3.27. The van der Waals surface area contributed by atoms with Crippen LogP contribution in [0.1, 0.15) is 18.5 Å². The number of benzene rings is 1. The van der Waals surface area contributed by atoms with Crippen LogP contribution in [0.25, 0.3) is 11.1 Å². The monoisotopic (exact) mass is 283 g/mol. The predicted octanol–water partition coefficient (Wildman–Crippen LogP) is 2.76. The van der Waals surface area contributed by atoms with Crippen LogP contribution in [0.3, 0.4) is 0 Å². The van der Waals surface area contributed by atoms with Crippen molar-refractivity contribution in [2.75, 3.05) is 18.9 Å². The SMILES string of the molecule is Cc1ncc(OCC2(CN)CC2)cc1-c1cccc(N)c1. The first kappa shape index (κ1) is 13.9. The fourth-order valence-electron chi connectivity index (χ4n) is 2.41. The van der Waals surface area contributed by atoms with Gasteiger partial charge in [-0.1, -0.05) is 12.1 Å². The molecule has 4 nitrogen and oxygen atoms in total. The van der Waals surface area contributed by atoms with Crippen molar-refractivity contribution in [1.29, 1.82) is 0 Å². The molecule has 110 valence electrons. The Bertz CT molecular complexity index is 650. The third kappa shape index (κ3) is 3.00. The molecule has 0 aliphatic heterocycles. The Morgan fingerprint density at radius 1 is 1.29 bits per heavy atom. The van der Waals surface area contributed by atoms with Crippen molar-refractivity contribution in [3.63, 3.8) is 0 Å². The summed E-state index contributed by atoms with van der Waals surface area (Å²) in [5.41, 5.74) is 15.7. The normalized spacial score (nSPS) is 15.7. The number of aryl methyl sites for hydroxylation is 1. The third-order valence-electron chi connectivity index (χ3n) is 4.19. The Morgan fingerprint density at radius 2 is 2.10 bits per heavy atom. The number of hydrogen-bond donors (Lipinski definition) is 2. The maximum Gasteiger partial charge on any atom is 0.138 e. The molecular formula is C17H21N3O. The van der Waals surface area contributed by atoms with Gasteiger partial charge in [-0.3, -0.25) is 4.98 Å². The molecule has 0 bridgehead atoms. The number of rotatable bonds is 5. The second-order valence-electron chi connectivity index (χ2n) is 5.92. The van der Waals surface area contributed by atoms with Gasteiger partial charge < -0.3 is 16.2 Å². The molecule has 1 aromatic carbocycles. The van der Waals surface area contributed by atoms with E-state index in [0.717, 1.165) is 41.1 Å². The highest BCUT2D eigenvalue weighted by Crippen LogP contribution is 2.44. The van der Waals surface area contributed by atoms with Gasteiger partial charge in [-0.2, -0.15) is 0 Å². The van der Waals surface area contributed by atoms with E-state index in [1.165, 1.54) is 0 Å². The minimum absolute atomic E-state index is 0.197. The molecule has 4 N–H and O–H groups in total. The van der Waals surface area contributed by atoms with Crippen LogP contribution in [0.2, 0.25) is 0 Å². The summed E-state index contributed by atoms with van der Waals surface area (Å²) in [7, 11) is 0. The molecule has 1 saturated carbocycles. The first-order valence-corrected chi connectivity index (χ1v) is 7.27. The van der Waals surface area contributed by atoms with Crippen molar-refractivity contribution < 1.29 is 4.74 Å². The van der Waals surface area contributed by atoms with E-state index in [-0.39, 0.29) is 5.41 Å². The van der Waals surface area contributed by atoms with Gasteiger partial charge in [-0.05, 0) is 43.5 Å². The molecule has 0 saturated heterocycles. The van der Waals surface area contributed by atoms with Gasteiger partial charge >= 0.3 is 0 Å². The van der Waals surface area contributed by atoms with E-state index in [2.05, 4.69) is 4.98 Å². The molecule has 0 atom stereocenters. The zero-order valence-corrected chi connectivity index (χ0v) is 12.3. The minimum Gasteiger partial charge on any atom is -0.491 e. The Labute approximate surface area is 125 Å². The number of anilines is 1. The summed E-state index contributed by atoms with van der Waals surface area (Å²) in [6.07, 6.45) is 4.09. The fraction of sp³-hybridized carbons (Fsp3) is 0.353. The van der Waals surface area contributed by atoms with Crippen molar-refractivity contribution >= 4 is 5.69 Å². The van der Waals surface area contributed by atoms with Crippen molar-refractivity contribution in [3.8, 4) is 16.9 Å². The maximum absolute atomic E-state index is 5.90. The molecule has 2 aromatic rings. The highest BCUT2D eigenvalue weighted by atomic mass is 16.5. The Hall–Kier alpha value is -2.07. The lowest BCUT2D eigenvalue weighted by Crippen LogP contribution is -2.22. The van der Waals surface area contributed by atoms with E-state index in [0.29, 0.717) is 13.2 Å². The molecule has 1 fully saturated rings. The van der Waals surface area contributed by atoms with Gasteiger partial charge in [0.05, 0.1) is 12.8 Å². The number of nitrogens with zero attached hydrogens (tertiary/aromatic N) is 1. The molecule has 0 unspecified atom stereocenters. The average molecular weight is 283 g/mol. The van der Waals surface area contributed by atoms with E-state index in [9.17, 15) is 0 Å². The van der Waals surface area contributed by atoms with Crippen molar-refractivity contribution in [2.24, 2.45) is 11.1 Å². The summed E-state index contributed by atoms with van der Waals surface area (Å²) in [6.45, 7) is 3.35. The molecule has 1 heterocycles. The summed E-state index contributed by atoms with van der Waals surface area (Å²) in [5, 5.41) is 0. The van der Waals surface area contributed by atoms with Gasteiger partial charge in [-0.15, -0.1) is 0 Å². The van der Waals surface area contributed by atoms with E-state index in [1.807, 2.05) is 37.3 Å². The molecule has 1 aliphatic carbocycles. The summed E-state index contributed by atoms with van der Waals surface area (Å²) >= 11 is 0. The number of hydrogen-bond acceptors (Lipinski definition) is 4. The van der Waals surface area contributed by atoms with Gasteiger partial charge in [0, 0.05) is 28.9 Å². The lowest BCUT2D eigenvalue weighted by atomic mass is 10.0. The molecule has 0 radical (unpaired) electrons. The van der Waals surface area contributed by atoms with Crippen LogP contribution in [0.5, 0.6) is 5.75 Å². The molecule has 0 amide bonds. The van der Waals surface area contributed by atoms with E-state index in [4.69, 9.17) is 16.2 Å². The number of pyridine rings is 1. The van der Waals surface area contributed by atoms with E-state index in [1.54, 1.807) is 6.20 Å². The van der Waals surface area contributed by atoms with Crippen LogP contribution in [0, 0.1) is 12.3 Å². The number of nitrogens with two attached hydrogens (primary N) is 2. The second-order valence-corrected chi connectivity index (χ2v) is 5.92. The predicted molar refractivity (Wildman–Crippen MR) is 85.0 cm³/mol.